The fourth-order valence-corrected chi connectivity index (χ4v) is 8.73. The first kappa shape index (κ1) is 28.7. The van der Waals surface area contributed by atoms with Crippen molar-refractivity contribution in [2.75, 3.05) is 6.61 Å². The Hall–Kier alpha value is -2.80. The van der Waals surface area contributed by atoms with Gasteiger partial charge in [0.2, 0.25) is 11.7 Å². The summed E-state index contributed by atoms with van der Waals surface area (Å²) in [6, 6.07) is 9.39. The molecule has 1 amide bonds. The second-order valence-corrected chi connectivity index (χ2v) is 13.1. The number of hydrogen-bond acceptors (Lipinski definition) is 6. The van der Waals surface area contributed by atoms with Crippen LogP contribution in [0.4, 0.5) is 0 Å². The summed E-state index contributed by atoms with van der Waals surface area (Å²) in [6.07, 6.45) is 7.96. The number of carbonyl (C=O) groups is 4. The van der Waals surface area contributed by atoms with Crippen molar-refractivity contribution in [2.24, 2.45) is 28.6 Å². The summed E-state index contributed by atoms with van der Waals surface area (Å²) in [7, 11) is 0. The maximum atomic E-state index is 13.4. The van der Waals surface area contributed by atoms with E-state index in [1.165, 1.54) is 5.57 Å². The van der Waals surface area contributed by atoms with Gasteiger partial charge in [-0.2, -0.15) is 0 Å². The van der Waals surface area contributed by atoms with Crippen molar-refractivity contribution >= 4 is 23.4 Å². The lowest BCUT2D eigenvalue weighted by Crippen LogP contribution is -2.58. The smallest absolute Gasteiger partial charge is 0.306 e. The number of hydrogen-bond donors (Lipinski definition) is 2. The van der Waals surface area contributed by atoms with Gasteiger partial charge in [-0.05, 0) is 86.7 Å². The van der Waals surface area contributed by atoms with Gasteiger partial charge in [-0.1, -0.05) is 49.8 Å². The Morgan fingerprint density at radius 3 is 2.48 bits per heavy atom. The number of esters is 1. The van der Waals surface area contributed by atoms with Crippen molar-refractivity contribution in [1.29, 1.82) is 0 Å². The summed E-state index contributed by atoms with van der Waals surface area (Å²) in [5, 5.41) is 14.7. The molecule has 7 atom stereocenters. The SMILES string of the molecule is C[C@@H](NC(=O)CCC(=O)OCC(=O)[C@@]1(O)CC[C@H]2[C@@H]3CCC4=CC(=O)CC[C@]4(C)[C@H]3CC[C@@]21C)c1ccccc1. The normalized spacial score (nSPS) is 35.5. The highest BCUT2D eigenvalue weighted by Crippen LogP contribution is 2.67. The standard InChI is InChI=1S/C33H43NO6/c1-21(22-7-5-4-6-8-22)34-29(37)11-12-30(38)40-20-28(36)33(39)18-15-27-25-10-9-23-19-24(35)13-16-31(23,2)26(25)14-17-32(27,33)3/h4-8,19,21,25-27,39H,9-18,20H2,1-3H3,(H,34,37)/t21-,25-,26+,27+,31+,32+,33+/m1/s1. The van der Waals surface area contributed by atoms with Gasteiger partial charge in [0.25, 0.3) is 0 Å². The first-order chi connectivity index (χ1) is 19.0. The molecule has 216 valence electrons. The molecule has 7 nitrogen and oxygen atoms in total. The third-order valence-corrected chi connectivity index (χ3v) is 11.2. The van der Waals surface area contributed by atoms with E-state index in [9.17, 15) is 24.3 Å². The lowest BCUT2D eigenvalue weighted by molar-refractivity contribution is -0.170. The van der Waals surface area contributed by atoms with Gasteiger partial charge in [-0.3, -0.25) is 19.2 Å². The van der Waals surface area contributed by atoms with Crippen LogP contribution in [-0.4, -0.2) is 40.8 Å². The fourth-order valence-electron chi connectivity index (χ4n) is 8.73. The van der Waals surface area contributed by atoms with Crippen molar-refractivity contribution in [3.05, 3.63) is 47.5 Å². The van der Waals surface area contributed by atoms with Gasteiger partial charge in [-0.15, -0.1) is 0 Å². The monoisotopic (exact) mass is 549 g/mol. The van der Waals surface area contributed by atoms with E-state index in [1.54, 1.807) is 0 Å². The molecule has 4 aliphatic rings. The molecule has 0 aliphatic heterocycles. The first-order valence-corrected chi connectivity index (χ1v) is 15.0. The van der Waals surface area contributed by atoms with Gasteiger partial charge in [-0.25, -0.2) is 0 Å². The molecule has 3 saturated carbocycles. The number of benzene rings is 1. The summed E-state index contributed by atoms with van der Waals surface area (Å²) in [6.45, 7) is 5.78. The zero-order chi connectivity index (χ0) is 28.7. The minimum Gasteiger partial charge on any atom is -0.458 e. The summed E-state index contributed by atoms with van der Waals surface area (Å²) >= 11 is 0. The fraction of sp³-hybridized carbons (Fsp3) is 0.636. The Labute approximate surface area is 237 Å². The quantitative estimate of drug-likeness (QED) is 0.441. The minimum atomic E-state index is -1.52. The maximum Gasteiger partial charge on any atom is 0.306 e. The second-order valence-electron chi connectivity index (χ2n) is 13.1. The van der Waals surface area contributed by atoms with Gasteiger partial charge in [0.15, 0.2) is 12.4 Å². The third kappa shape index (κ3) is 4.95. The molecule has 7 heteroatoms. The minimum absolute atomic E-state index is 0.0296. The number of allylic oxidation sites excluding steroid dienone is 1. The highest BCUT2D eigenvalue weighted by atomic mass is 16.5. The number of ether oxygens (including phenoxy) is 1. The van der Waals surface area contributed by atoms with Gasteiger partial charge in [0.05, 0.1) is 12.5 Å². The molecule has 4 aliphatic carbocycles. The van der Waals surface area contributed by atoms with E-state index in [-0.39, 0.29) is 41.9 Å². The number of aliphatic hydroxyl groups is 1. The van der Waals surface area contributed by atoms with Crippen molar-refractivity contribution in [2.45, 2.75) is 96.6 Å². The van der Waals surface area contributed by atoms with Gasteiger partial charge in [0, 0.05) is 18.3 Å². The van der Waals surface area contributed by atoms with Crippen LogP contribution in [-0.2, 0) is 23.9 Å². The van der Waals surface area contributed by atoms with Gasteiger partial charge in [0.1, 0.15) is 5.60 Å². The van der Waals surface area contributed by atoms with E-state index in [2.05, 4.69) is 19.2 Å². The Kier molecular flexibility index (Phi) is 7.81. The Balaban J connectivity index is 1.15. The number of nitrogens with one attached hydrogen (secondary N) is 1. The van der Waals surface area contributed by atoms with E-state index < -0.39 is 29.4 Å². The van der Waals surface area contributed by atoms with Gasteiger partial charge < -0.3 is 15.2 Å². The third-order valence-electron chi connectivity index (χ3n) is 11.2. The van der Waals surface area contributed by atoms with Crippen LogP contribution in [0.1, 0.15) is 96.6 Å². The lowest BCUT2D eigenvalue weighted by Gasteiger charge is -2.58. The molecule has 0 bridgehead atoms. The van der Waals surface area contributed by atoms with Gasteiger partial charge >= 0.3 is 5.97 Å². The van der Waals surface area contributed by atoms with Crippen LogP contribution in [0.5, 0.6) is 0 Å². The lowest BCUT2D eigenvalue weighted by atomic mass is 9.46. The van der Waals surface area contributed by atoms with Crippen LogP contribution < -0.4 is 5.32 Å². The molecule has 0 heterocycles. The Morgan fingerprint density at radius 1 is 1.00 bits per heavy atom. The molecule has 0 radical (unpaired) electrons. The largest absolute Gasteiger partial charge is 0.458 e. The van der Waals surface area contributed by atoms with Crippen molar-refractivity contribution in [3.63, 3.8) is 0 Å². The molecular weight excluding hydrogens is 506 g/mol. The highest BCUT2D eigenvalue weighted by Gasteiger charge is 2.66. The zero-order valence-electron chi connectivity index (χ0n) is 24.0. The zero-order valence-corrected chi connectivity index (χ0v) is 24.0. The molecule has 1 aromatic rings. The van der Waals surface area contributed by atoms with E-state index in [0.717, 1.165) is 44.1 Å². The van der Waals surface area contributed by atoms with Crippen LogP contribution in [0.15, 0.2) is 42.0 Å². The summed E-state index contributed by atoms with van der Waals surface area (Å²) in [5.74, 6) is 0.0285. The summed E-state index contributed by atoms with van der Waals surface area (Å²) in [4.78, 5) is 50.2. The van der Waals surface area contributed by atoms with Crippen LogP contribution >= 0.6 is 0 Å². The van der Waals surface area contributed by atoms with Crippen LogP contribution in [0.25, 0.3) is 0 Å². The molecule has 0 unspecified atom stereocenters. The van der Waals surface area contributed by atoms with Crippen LogP contribution in [0.3, 0.4) is 0 Å². The van der Waals surface area contributed by atoms with Crippen LogP contribution in [0, 0.1) is 28.6 Å². The molecular formula is C33H43NO6. The molecule has 1 aromatic carbocycles. The number of amides is 1. The predicted molar refractivity (Wildman–Crippen MR) is 150 cm³/mol. The van der Waals surface area contributed by atoms with Crippen molar-refractivity contribution < 1.29 is 29.0 Å². The molecule has 3 fully saturated rings. The van der Waals surface area contributed by atoms with E-state index in [4.69, 9.17) is 4.74 Å². The topological polar surface area (TPSA) is 110 Å². The summed E-state index contributed by atoms with van der Waals surface area (Å²) < 4.78 is 5.28. The van der Waals surface area contributed by atoms with Crippen molar-refractivity contribution in [1.82, 2.24) is 5.32 Å². The number of carbonyl (C=O) groups excluding carboxylic acids is 4. The van der Waals surface area contributed by atoms with E-state index >= 15 is 0 Å². The second kappa shape index (κ2) is 10.9. The molecule has 0 saturated heterocycles. The van der Waals surface area contributed by atoms with E-state index in [0.29, 0.717) is 24.7 Å². The first-order valence-electron chi connectivity index (χ1n) is 15.0. The average Bonchev–Trinajstić information content (AvgIpc) is 3.22. The molecule has 5 rings (SSSR count). The Bertz CT molecular complexity index is 1210. The molecule has 40 heavy (non-hydrogen) atoms. The van der Waals surface area contributed by atoms with Crippen molar-refractivity contribution in [3.8, 4) is 0 Å². The maximum absolute atomic E-state index is 13.4. The molecule has 0 aromatic heterocycles. The number of Topliss-reactive ketones (excluding diaryl/α,β-unsaturated/α-hetero) is 1. The predicted octanol–water partition coefficient (Wildman–Crippen LogP) is 5.02. The molecule has 2 N–H and O–H groups in total. The highest BCUT2D eigenvalue weighted by molar-refractivity contribution is 5.92. The van der Waals surface area contributed by atoms with E-state index in [1.807, 2.05) is 43.3 Å². The molecule has 0 spiro atoms. The Morgan fingerprint density at radius 2 is 1.73 bits per heavy atom. The van der Waals surface area contributed by atoms with Crippen LogP contribution in [0.2, 0.25) is 0 Å². The number of fused-ring (bicyclic) bond motifs is 5. The summed E-state index contributed by atoms with van der Waals surface area (Å²) in [5.41, 5.74) is 0.220. The number of ketones is 2. The average molecular weight is 550 g/mol. The number of rotatable bonds is 8.